The average Bonchev–Trinajstić information content (AvgIpc) is 3.18. The molecule has 2 aromatic carbocycles. The third-order valence-electron chi connectivity index (χ3n) is 5.94. The molecule has 0 saturated carbocycles. The lowest BCUT2D eigenvalue weighted by Gasteiger charge is -2.35. The maximum Gasteiger partial charge on any atom is 0.271 e. The van der Waals surface area contributed by atoms with Crippen LogP contribution in [0.5, 0.6) is 0 Å². The van der Waals surface area contributed by atoms with Crippen LogP contribution in [0, 0.1) is 10.1 Å². The second kappa shape index (κ2) is 8.45. The predicted octanol–water partition coefficient (Wildman–Crippen LogP) is 4.94. The molecule has 1 atom stereocenters. The largest absolute Gasteiger partial charge is 0.361 e. The van der Waals surface area contributed by atoms with Gasteiger partial charge in [-0.1, -0.05) is 29.8 Å². The number of aromatic nitrogens is 1. The topological polar surface area (TPSA) is 91.3 Å². The number of nitro benzene ring substituents is 1. The molecule has 1 saturated heterocycles. The highest BCUT2D eigenvalue weighted by Gasteiger charge is 2.28. The summed E-state index contributed by atoms with van der Waals surface area (Å²) < 4.78 is 0. The number of aromatic amines is 1. The molecular formula is C22H23ClN4O3. The molecule has 2 heterocycles. The number of benzene rings is 2. The van der Waals surface area contributed by atoms with Crippen LogP contribution in [0.4, 0.5) is 11.4 Å². The van der Waals surface area contributed by atoms with Gasteiger partial charge in [-0.05, 0) is 56.5 Å². The van der Waals surface area contributed by atoms with E-state index >= 15 is 0 Å². The first-order chi connectivity index (χ1) is 14.4. The molecule has 1 amide bonds. The SMILES string of the molecule is CC(C(=O)Nc1ccc([N+](=O)[O-])cc1Cl)N1CCC(c2c[nH]c3ccccc23)CC1. The summed E-state index contributed by atoms with van der Waals surface area (Å²) in [4.78, 5) is 28.6. The predicted molar refractivity (Wildman–Crippen MR) is 118 cm³/mol. The van der Waals surface area contributed by atoms with E-state index in [1.165, 1.54) is 29.1 Å². The summed E-state index contributed by atoms with van der Waals surface area (Å²) in [6.07, 6.45) is 4.08. The average molecular weight is 427 g/mol. The van der Waals surface area contributed by atoms with Gasteiger partial charge < -0.3 is 10.3 Å². The summed E-state index contributed by atoms with van der Waals surface area (Å²) in [7, 11) is 0. The molecule has 1 aromatic heterocycles. The van der Waals surface area contributed by atoms with Gasteiger partial charge in [0.05, 0.1) is 21.7 Å². The molecule has 1 fully saturated rings. The molecule has 4 rings (SSSR count). The monoisotopic (exact) mass is 426 g/mol. The van der Waals surface area contributed by atoms with Crippen LogP contribution in [0.3, 0.4) is 0 Å². The Bertz CT molecular complexity index is 1090. The molecule has 30 heavy (non-hydrogen) atoms. The number of anilines is 1. The first-order valence-electron chi connectivity index (χ1n) is 9.99. The highest BCUT2D eigenvalue weighted by Crippen LogP contribution is 2.34. The van der Waals surface area contributed by atoms with Crippen molar-refractivity contribution in [1.82, 2.24) is 9.88 Å². The zero-order valence-corrected chi connectivity index (χ0v) is 17.4. The minimum atomic E-state index is -0.516. The van der Waals surface area contributed by atoms with Crippen molar-refractivity contribution in [2.24, 2.45) is 0 Å². The number of fused-ring (bicyclic) bond motifs is 1. The number of nitro groups is 1. The number of H-pyrrole nitrogens is 1. The number of carbonyl (C=O) groups excluding carboxylic acids is 1. The van der Waals surface area contributed by atoms with E-state index in [9.17, 15) is 14.9 Å². The fourth-order valence-electron chi connectivity index (χ4n) is 4.15. The number of nitrogens with zero attached hydrogens (tertiary/aromatic N) is 2. The summed E-state index contributed by atoms with van der Waals surface area (Å²) in [5.41, 5.74) is 2.78. The molecule has 7 nitrogen and oxygen atoms in total. The van der Waals surface area contributed by atoms with Crippen molar-refractivity contribution in [3.05, 3.63) is 69.4 Å². The third-order valence-corrected chi connectivity index (χ3v) is 6.25. The molecule has 0 spiro atoms. The molecule has 8 heteroatoms. The minimum absolute atomic E-state index is 0.106. The van der Waals surface area contributed by atoms with E-state index in [1.807, 2.05) is 13.0 Å². The third kappa shape index (κ3) is 4.04. The maximum atomic E-state index is 12.7. The second-order valence-corrected chi connectivity index (χ2v) is 8.09. The molecule has 0 aliphatic carbocycles. The Morgan fingerprint density at radius 1 is 1.27 bits per heavy atom. The van der Waals surface area contributed by atoms with Crippen molar-refractivity contribution in [2.45, 2.75) is 31.7 Å². The number of hydrogen-bond acceptors (Lipinski definition) is 4. The Hall–Kier alpha value is -2.90. The zero-order valence-electron chi connectivity index (χ0n) is 16.6. The van der Waals surface area contributed by atoms with E-state index in [-0.39, 0.29) is 22.7 Å². The number of piperidine rings is 1. The number of rotatable bonds is 5. The van der Waals surface area contributed by atoms with E-state index < -0.39 is 4.92 Å². The van der Waals surface area contributed by atoms with Gasteiger partial charge in [0.1, 0.15) is 0 Å². The van der Waals surface area contributed by atoms with E-state index in [0.29, 0.717) is 11.6 Å². The van der Waals surface area contributed by atoms with Crippen LogP contribution in [-0.2, 0) is 4.79 Å². The molecule has 1 aliphatic heterocycles. The quantitative estimate of drug-likeness (QED) is 0.446. The van der Waals surface area contributed by atoms with Gasteiger partial charge in [0, 0.05) is 29.2 Å². The van der Waals surface area contributed by atoms with Gasteiger partial charge in [-0.3, -0.25) is 19.8 Å². The molecule has 156 valence electrons. The number of likely N-dealkylation sites (tertiary alicyclic amines) is 1. The normalized spacial score (nSPS) is 16.5. The molecule has 1 unspecified atom stereocenters. The molecule has 1 aliphatic rings. The Kier molecular flexibility index (Phi) is 5.74. The maximum absolute atomic E-state index is 12.7. The number of carbonyl (C=O) groups is 1. The second-order valence-electron chi connectivity index (χ2n) is 7.69. The molecule has 0 radical (unpaired) electrons. The molecule has 2 N–H and O–H groups in total. The van der Waals surface area contributed by atoms with Gasteiger partial charge in [-0.2, -0.15) is 0 Å². The van der Waals surface area contributed by atoms with Crippen molar-refractivity contribution < 1.29 is 9.72 Å². The van der Waals surface area contributed by atoms with Crippen LogP contribution in [0.25, 0.3) is 10.9 Å². The summed E-state index contributed by atoms with van der Waals surface area (Å²) in [5.74, 6) is 0.299. The van der Waals surface area contributed by atoms with Crippen molar-refractivity contribution in [1.29, 1.82) is 0 Å². The fourth-order valence-corrected chi connectivity index (χ4v) is 4.37. The van der Waals surface area contributed by atoms with Crippen molar-refractivity contribution in [2.75, 3.05) is 18.4 Å². The summed E-state index contributed by atoms with van der Waals surface area (Å²) in [6, 6.07) is 12.1. The van der Waals surface area contributed by atoms with E-state index in [0.717, 1.165) is 31.4 Å². The summed E-state index contributed by atoms with van der Waals surface area (Å²) in [6.45, 7) is 3.53. The summed E-state index contributed by atoms with van der Waals surface area (Å²) in [5, 5.41) is 15.1. The van der Waals surface area contributed by atoms with Gasteiger partial charge in [0.15, 0.2) is 0 Å². The Balaban J connectivity index is 1.37. The highest BCUT2D eigenvalue weighted by molar-refractivity contribution is 6.34. The first kappa shape index (κ1) is 20.4. The van der Waals surface area contributed by atoms with Crippen LogP contribution in [-0.4, -0.2) is 39.8 Å². The molecule has 0 bridgehead atoms. The lowest BCUT2D eigenvalue weighted by molar-refractivity contribution is -0.384. The van der Waals surface area contributed by atoms with Crippen LogP contribution in [0.1, 0.15) is 31.2 Å². The first-order valence-corrected chi connectivity index (χ1v) is 10.4. The van der Waals surface area contributed by atoms with Gasteiger partial charge in [-0.25, -0.2) is 0 Å². The van der Waals surface area contributed by atoms with E-state index in [1.54, 1.807) is 0 Å². The number of hydrogen-bond donors (Lipinski definition) is 2. The molecule has 3 aromatic rings. The van der Waals surface area contributed by atoms with Crippen LogP contribution >= 0.6 is 11.6 Å². The van der Waals surface area contributed by atoms with Gasteiger partial charge >= 0.3 is 0 Å². The van der Waals surface area contributed by atoms with Gasteiger partial charge in [0.25, 0.3) is 5.69 Å². The summed E-state index contributed by atoms with van der Waals surface area (Å²) >= 11 is 6.10. The van der Waals surface area contributed by atoms with E-state index in [4.69, 9.17) is 11.6 Å². The van der Waals surface area contributed by atoms with Crippen molar-refractivity contribution >= 4 is 39.8 Å². The standard InChI is InChI=1S/C22H23ClN4O3/c1-14(22(28)25-21-7-6-16(27(29)30)12-19(21)23)26-10-8-15(9-11-26)18-13-24-20-5-3-2-4-17(18)20/h2-7,12-15,24H,8-11H2,1H3,(H,25,28). The number of non-ortho nitro benzene ring substituents is 1. The highest BCUT2D eigenvalue weighted by atomic mass is 35.5. The van der Waals surface area contributed by atoms with Crippen LogP contribution in [0.2, 0.25) is 5.02 Å². The zero-order chi connectivity index (χ0) is 21.3. The minimum Gasteiger partial charge on any atom is -0.361 e. The van der Waals surface area contributed by atoms with Crippen molar-refractivity contribution in [3.8, 4) is 0 Å². The van der Waals surface area contributed by atoms with Crippen LogP contribution in [0.15, 0.2) is 48.7 Å². The number of nitrogens with one attached hydrogen (secondary N) is 2. The number of amides is 1. The Labute approximate surface area is 179 Å². The Morgan fingerprint density at radius 2 is 2.00 bits per heavy atom. The number of halogens is 1. The lowest BCUT2D eigenvalue weighted by atomic mass is 9.88. The van der Waals surface area contributed by atoms with Gasteiger partial charge in [0.2, 0.25) is 5.91 Å². The van der Waals surface area contributed by atoms with Crippen molar-refractivity contribution in [3.63, 3.8) is 0 Å². The Morgan fingerprint density at radius 3 is 2.70 bits per heavy atom. The van der Waals surface area contributed by atoms with Crippen LogP contribution < -0.4 is 5.32 Å². The number of para-hydroxylation sites is 1. The van der Waals surface area contributed by atoms with E-state index in [2.05, 4.69) is 39.6 Å². The van der Waals surface area contributed by atoms with Gasteiger partial charge in [-0.15, -0.1) is 0 Å². The molecular weight excluding hydrogens is 404 g/mol. The smallest absolute Gasteiger partial charge is 0.271 e. The lowest BCUT2D eigenvalue weighted by Crippen LogP contribution is -2.45. The fraction of sp³-hybridized carbons (Fsp3) is 0.318.